The Balaban J connectivity index is 2.11. The molecule has 0 radical (unpaired) electrons. The predicted octanol–water partition coefficient (Wildman–Crippen LogP) is 3.41. The molecule has 2 rings (SSSR count). The maximum Gasteiger partial charge on any atom is 0.269 e. The van der Waals surface area contributed by atoms with E-state index in [0.29, 0.717) is 0 Å². The Morgan fingerprint density at radius 2 is 2.14 bits per heavy atom. The van der Waals surface area contributed by atoms with Crippen LogP contribution in [0.4, 0.5) is 11.4 Å². The van der Waals surface area contributed by atoms with Crippen LogP contribution in [0.25, 0.3) is 0 Å². The van der Waals surface area contributed by atoms with Gasteiger partial charge < -0.3 is 4.90 Å². The lowest BCUT2D eigenvalue weighted by molar-refractivity contribution is -0.384. The zero-order chi connectivity index (χ0) is 15.2. The molecule has 21 heavy (non-hydrogen) atoms. The third-order valence-corrected chi connectivity index (χ3v) is 3.55. The van der Waals surface area contributed by atoms with Crippen LogP contribution in [-0.4, -0.2) is 23.5 Å². The molecule has 0 saturated heterocycles. The van der Waals surface area contributed by atoms with Crippen LogP contribution in [0.2, 0.25) is 0 Å². The molecule has 0 aliphatic rings. The number of pyridine rings is 1. The van der Waals surface area contributed by atoms with Gasteiger partial charge >= 0.3 is 0 Å². The lowest BCUT2D eigenvalue weighted by Crippen LogP contribution is -2.21. The number of alkyl halides is 1. The number of rotatable bonds is 6. The molecule has 110 valence electrons. The van der Waals surface area contributed by atoms with Crippen molar-refractivity contribution in [2.24, 2.45) is 0 Å². The van der Waals surface area contributed by atoms with Gasteiger partial charge in [-0.05, 0) is 23.8 Å². The summed E-state index contributed by atoms with van der Waals surface area (Å²) in [4.78, 5) is 16.7. The quantitative estimate of drug-likeness (QED) is 0.466. The Morgan fingerprint density at radius 3 is 2.76 bits per heavy atom. The van der Waals surface area contributed by atoms with E-state index in [4.69, 9.17) is 11.6 Å². The molecule has 0 bridgehead atoms. The highest BCUT2D eigenvalue weighted by molar-refractivity contribution is 6.17. The average molecular weight is 306 g/mol. The molecule has 0 spiro atoms. The molecule has 0 amide bonds. The second kappa shape index (κ2) is 7.04. The van der Waals surface area contributed by atoms with Crippen LogP contribution < -0.4 is 4.90 Å². The first-order valence-electron chi connectivity index (χ1n) is 6.56. The van der Waals surface area contributed by atoms with Gasteiger partial charge in [-0.15, -0.1) is 11.6 Å². The number of aromatic nitrogens is 1. The number of nitro benzene ring substituents is 1. The molecule has 5 nitrogen and oxygen atoms in total. The number of nitrogens with zero attached hydrogens (tertiary/aromatic N) is 3. The highest BCUT2D eigenvalue weighted by Gasteiger charge is 2.13. The van der Waals surface area contributed by atoms with Crippen molar-refractivity contribution < 1.29 is 4.92 Å². The van der Waals surface area contributed by atoms with Gasteiger partial charge in [0, 0.05) is 55.6 Å². The van der Waals surface area contributed by atoms with E-state index in [9.17, 15) is 10.1 Å². The molecule has 1 aromatic carbocycles. The van der Waals surface area contributed by atoms with Crippen LogP contribution in [0.5, 0.6) is 0 Å². The number of nitro groups is 1. The number of halogens is 1. The summed E-state index contributed by atoms with van der Waals surface area (Å²) in [5.41, 5.74) is 2.74. The summed E-state index contributed by atoms with van der Waals surface area (Å²) in [6, 6.07) is 10.6. The van der Waals surface area contributed by atoms with E-state index < -0.39 is 4.92 Å². The summed E-state index contributed by atoms with van der Waals surface area (Å²) in [7, 11) is 1.94. The molecule has 0 saturated carbocycles. The number of non-ortho nitro benzene ring substituents is 1. The lowest BCUT2D eigenvalue weighted by atomic mass is 10.1. The van der Waals surface area contributed by atoms with Gasteiger partial charge in [-0.1, -0.05) is 6.07 Å². The zero-order valence-corrected chi connectivity index (χ0v) is 12.5. The van der Waals surface area contributed by atoms with Crippen LogP contribution in [0.1, 0.15) is 11.3 Å². The summed E-state index contributed by atoms with van der Waals surface area (Å²) in [6.45, 7) is 0.763. The van der Waals surface area contributed by atoms with Gasteiger partial charge in [0.2, 0.25) is 0 Å². The summed E-state index contributed by atoms with van der Waals surface area (Å²) in [5.74, 6) is 0.241. The molecule has 1 aromatic heterocycles. The molecule has 0 fully saturated rings. The number of hydrogen-bond donors (Lipinski definition) is 0. The highest BCUT2D eigenvalue weighted by Crippen LogP contribution is 2.26. The Kier molecular flexibility index (Phi) is 5.11. The fourth-order valence-electron chi connectivity index (χ4n) is 2.11. The van der Waals surface area contributed by atoms with Gasteiger partial charge in [0.25, 0.3) is 5.69 Å². The first-order chi connectivity index (χ1) is 10.1. The highest BCUT2D eigenvalue weighted by atomic mass is 35.5. The van der Waals surface area contributed by atoms with Crippen molar-refractivity contribution in [1.82, 2.24) is 4.98 Å². The minimum Gasteiger partial charge on any atom is -0.374 e. The van der Waals surface area contributed by atoms with Crippen molar-refractivity contribution in [3.63, 3.8) is 0 Å². The Bertz CT molecular complexity index is 620. The van der Waals surface area contributed by atoms with E-state index >= 15 is 0 Å². The SMILES string of the molecule is CN(CCc1ccccn1)c1ccc([N+](=O)[O-])cc1CCl. The normalized spacial score (nSPS) is 10.4. The monoisotopic (exact) mass is 305 g/mol. The summed E-state index contributed by atoms with van der Waals surface area (Å²) in [5, 5.41) is 10.8. The summed E-state index contributed by atoms with van der Waals surface area (Å²) < 4.78 is 0. The zero-order valence-electron chi connectivity index (χ0n) is 11.7. The first-order valence-corrected chi connectivity index (χ1v) is 7.09. The Morgan fingerprint density at radius 1 is 1.33 bits per heavy atom. The van der Waals surface area contributed by atoms with Crippen LogP contribution in [0.15, 0.2) is 42.6 Å². The fraction of sp³-hybridized carbons (Fsp3) is 0.267. The molecular weight excluding hydrogens is 290 g/mol. The van der Waals surface area contributed by atoms with Crippen LogP contribution in [0.3, 0.4) is 0 Å². The lowest BCUT2D eigenvalue weighted by Gasteiger charge is -2.21. The van der Waals surface area contributed by atoms with E-state index in [1.54, 1.807) is 12.3 Å². The predicted molar refractivity (Wildman–Crippen MR) is 83.9 cm³/mol. The smallest absolute Gasteiger partial charge is 0.269 e. The van der Waals surface area contributed by atoms with Gasteiger partial charge in [-0.2, -0.15) is 0 Å². The molecule has 0 aliphatic heterocycles. The molecule has 6 heteroatoms. The minimum atomic E-state index is -0.409. The second-order valence-electron chi connectivity index (χ2n) is 4.70. The third kappa shape index (κ3) is 3.92. The average Bonchev–Trinajstić information content (AvgIpc) is 2.52. The van der Waals surface area contributed by atoms with Crippen molar-refractivity contribution in [3.05, 3.63) is 64.0 Å². The van der Waals surface area contributed by atoms with Gasteiger partial charge in [-0.25, -0.2) is 0 Å². The van der Waals surface area contributed by atoms with Crippen LogP contribution in [0, 0.1) is 10.1 Å². The molecule has 0 unspecified atom stereocenters. The standard InChI is InChI=1S/C15H16ClN3O2/c1-18(9-7-13-4-2-3-8-17-13)15-6-5-14(19(20)21)10-12(15)11-16/h2-6,8,10H,7,9,11H2,1H3. The maximum atomic E-state index is 10.8. The molecule has 2 aromatic rings. The summed E-state index contributed by atoms with van der Waals surface area (Å²) >= 11 is 5.91. The van der Waals surface area contributed by atoms with E-state index in [1.807, 2.05) is 30.1 Å². The van der Waals surface area contributed by atoms with Crippen molar-refractivity contribution in [2.75, 3.05) is 18.5 Å². The maximum absolute atomic E-state index is 10.8. The van der Waals surface area contributed by atoms with Crippen LogP contribution >= 0.6 is 11.6 Å². The number of hydrogen-bond acceptors (Lipinski definition) is 4. The third-order valence-electron chi connectivity index (χ3n) is 3.26. The van der Waals surface area contributed by atoms with E-state index in [0.717, 1.165) is 29.9 Å². The molecule has 0 aliphatic carbocycles. The topological polar surface area (TPSA) is 59.3 Å². The largest absolute Gasteiger partial charge is 0.374 e. The first kappa shape index (κ1) is 15.3. The molecule has 0 N–H and O–H groups in total. The van der Waals surface area contributed by atoms with Crippen molar-refractivity contribution in [3.8, 4) is 0 Å². The van der Waals surface area contributed by atoms with Gasteiger partial charge in [0.05, 0.1) is 4.92 Å². The van der Waals surface area contributed by atoms with Gasteiger partial charge in [0.1, 0.15) is 0 Å². The van der Waals surface area contributed by atoms with Crippen molar-refractivity contribution in [2.45, 2.75) is 12.3 Å². The van der Waals surface area contributed by atoms with Crippen molar-refractivity contribution in [1.29, 1.82) is 0 Å². The van der Waals surface area contributed by atoms with E-state index in [2.05, 4.69) is 4.98 Å². The number of benzene rings is 1. The molecule has 1 heterocycles. The Hall–Kier alpha value is -2.14. The fourth-order valence-corrected chi connectivity index (χ4v) is 2.33. The van der Waals surface area contributed by atoms with Crippen LogP contribution in [-0.2, 0) is 12.3 Å². The van der Waals surface area contributed by atoms with Crippen molar-refractivity contribution >= 4 is 23.0 Å². The van der Waals surface area contributed by atoms with Gasteiger partial charge in [-0.3, -0.25) is 15.1 Å². The Labute approximate surface area is 128 Å². The molecular formula is C15H16ClN3O2. The summed E-state index contributed by atoms with van der Waals surface area (Å²) in [6.07, 6.45) is 2.57. The van der Waals surface area contributed by atoms with Gasteiger partial charge in [0.15, 0.2) is 0 Å². The van der Waals surface area contributed by atoms with E-state index in [1.165, 1.54) is 12.1 Å². The number of anilines is 1. The molecule has 0 atom stereocenters. The van der Waals surface area contributed by atoms with E-state index in [-0.39, 0.29) is 11.6 Å². The minimum absolute atomic E-state index is 0.0625. The number of likely N-dealkylation sites (N-methyl/N-ethyl adjacent to an activating group) is 1. The second-order valence-corrected chi connectivity index (χ2v) is 4.96.